The highest BCUT2D eigenvalue weighted by molar-refractivity contribution is 6.33. The number of hydrogen-bond donors (Lipinski definition) is 1. The summed E-state index contributed by atoms with van der Waals surface area (Å²) in [5.41, 5.74) is 1.88. The lowest BCUT2D eigenvalue weighted by Gasteiger charge is -2.14. The summed E-state index contributed by atoms with van der Waals surface area (Å²) in [5, 5.41) is 3.21. The van der Waals surface area contributed by atoms with Gasteiger partial charge in [-0.2, -0.15) is 0 Å². The second-order valence-electron chi connectivity index (χ2n) is 6.31. The number of esters is 1. The van der Waals surface area contributed by atoms with Crippen molar-refractivity contribution in [3.63, 3.8) is 0 Å². The minimum absolute atomic E-state index is 0.189. The molecule has 0 radical (unpaired) electrons. The lowest BCUT2D eigenvalue weighted by molar-refractivity contribution is -0.152. The van der Waals surface area contributed by atoms with Gasteiger partial charge in [0.25, 0.3) is 5.91 Å². The third-order valence-electron chi connectivity index (χ3n) is 4.11. The fourth-order valence-electron chi connectivity index (χ4n) is 2.54. The Labute approximate surface area is 174 Å². The Bertz CT molecular complexity index is 974. The number of carbonyl (C=O) groups is 2. The monoisotopic (exact) mass is 409 g/mol. The predicted molar refractivity (Wildman–Crippen MR) is 112 cm³/mol. The molecule has 0 saturated carbocycles. The maximum Gasteiger partial charge on any atom is 0.347 e. The minimum atomic E-state index is -0.776. The fourth-order valence-corrected chi connectivity index (χ4v) is 2.72. The number of carbonyl (C=O) groups excluding carboxylic acids is 2. The van der Waals surface area contributed by atoms with Crippen molar-refractivity contribution in [1.29, 1.82) is 0 Å². The molecule has 148 valence electrons. The molecule has 3 aromatic rings. The van der Waals surface area contributed by atoms with Crippen LogP contribution in [0.4, 0.5) is 5.69 Å². The summed E-state index contributed by atoms with van der Waals surface area (Å²) in [6.45, 7) is 1.81. The van der Waals surface area contributed by atoms with E-state index in [1.807, 2.05) is 30.3 Å². The van der Waals surface area contributed by atoms with E-state index in [0.29, 0.717) is 22.0 Å². The van der Waals surface area contributed by atoms with Gasteiger partial charge >= 0.3 is 5.97 Å². The second kappa shape index (κ2) is 9.75. The Morgan fingerprint density at radius 3 is 2.28 bits per heavy atom. The average Bonchev–Trinajstić information content (AvgIpc) is 2.74. The normalized spacial score (nSPS) is 11.4. The Morgan fingerprint density at radius 2 is 1.59 bits per heavy atom. The van der Waals surface area contributed by atoms with E-state index in [1.165, 1.54) is 0 Å². The van der Waals surface area contributed by atoms with Gasteiger partial charge in [-0.3, -0.25) is 4.79 Å². The van der Waals surface area contributed by atoms with Crippen molar-refractivity contribution >= 4 is 29.2 Å². The molecule has 1 N–H and O–H groups in total. The molecule has 0 heterocycles. The van der Waals surface area contributed by atoms with E-state index in [1.54, 1.807) is 55.5 Å². The maximum absolute atomic E-state index is 12.3. The molecule has 6 heteroatoms. The minimum Gasteiger partial charge on any atom is -0.479 e. The first-order valence-electron chi connectivity index (χ1n) is 9.06. The molecule has 0 spiro atoms. The molecule has 3 aromatic carbocycles. The first kappa shape index (κ1) is 20.4. The molecule has 0 saturated heterocycles. The number of hydrogen-bond acceptors (Lipinski definition) is 4. The Balaban J connectivity index is 1.53. The highest BCUT2D eigenvalue weighted by Crippen LogP contribution is 2.22. The molecule has 0 aliphatic carbocycles. The van der Waals surface area contributed by atoms with Crippen LogP contribution in [0.1, 0.15) is 22.8 Å². The molecule has 1 amide bonds. The molecule has 29 heavy (non-hydrogen) atoms. The summed E-state index contributed by atoms with van der Waals surface area (Å²) >= 11 is 6.05. The summed E-state index contributed by atoms with van der Waals surface area (Å²) in [4.78, 5) is 24.5. The standard InChI is InChI=1S/C23H20ClNO4/c1-16(23(27)28-15-17-7-3-2-4-8-17)29-19-13-11-18(12-14-19)22(26)25-21-10-6-5-9-20(21)24/h2-14,16H,15H2,1H3,(H,25,26). The summed E-state index contributed by atoms with van der Waals surface area (Å²) in [6.07, 6.45) is -0.776. The van der Waals surface area contributed by atoms with Gasteiger partial charge in [0.1, 0.15) is 12.4 Å². The average molecular weight is 410 g/mol. The van der Waals surface area contributed by atoms with Crippen molar-refractivity contribution < 1.29 is 19.1 Å². The van der Waals surface area contributed by atoms with E-state index in [9.17, 15) is 9.59 Å². The third-order valence-corrected chi connectivity index (χ3v) is 4.44. The van der Waals surface area contributed by atoms with Gasteiger partial charge in [0.2, 0.25) is 0 Å². The Hall–Kier alpha value is -3.31. The number of amides is 1. The van der Waals surface area contributed by atoms with E-state index in [2.05, 4.69) is 5.32 Å². The highest BCUT2D eigenvalue weighted by atomic mass is 35.5. The van der Waals surface area contributed by atoms with Gasteiger partial charge in [-0.05, 0) is 48.9 Å². The molecule has 0 fully saturated rings. The van der Waals surface area contributed by atoms with Gasteiger partial charge in [0.15, 0.2) is 6.10 Å². The van der Waals surface area contributed by atoms with Crippen LogP contribution in [0.25, 0.3) is 0 Å². The van der Waals surface area contributed by atoms with Crippen molar-refractivity contribution in [3.8, 4) is 5.75 Å². The van der Waals surface area contributed by atoms with E-state index >= 15 is 0 Å². The van der Waals surface area contributed by atoms with Gasteiger partial charge in [-0.15, -0.1) is 0 Å². The van der Waals surface area contributed by atoms with Crippen LogP contribution in [0.15, 0.2) is 78.9 Å². The van der Waals surface area contributed by atoms with Crippen LogP contribution in [-0.4, -0.2) is 18.0 Å². The van der Waals surface area contributed by atoms with Crippen molar-refractivity contribution in [2.24, 2.45) is 0 Å². The lowest BCUT2D eigenvalue weighted by Crippen LogP contribution is -2.26. The molecule has 1 unspecified atom stereocenters. The second-order valence-corrected chi connectivity index (χ2v) is 6.72. The molecule has 0 aromatic heterocycles. The van der Waals surface area contributed by atoms with Crippen LogP contribution < -0.4 is 10.1 Å². The number of halogens is 1. The van der Waals surface area contributed by atoms with Gasteiger partial charge < -0.3 is 14.8 Å². The van der Waals surface area contributed by atoms with Crippen LogP contribution in [0.3, 0.4) is 0 Å². The SMILES string of the molecule is CC(Oc1ccc(C(=O)Nc2ccccc2Cl)cc1)C(=O)OCc1ccccc1. The molecule has 3 rings (SSSR count). The Kier molecular flexibility index (Phi) is 6.87. The zero-order chi connectivity index (χ0) is 20.6. The summed E-state index contributed by atoms with van der Waals surface area (Å²) in [5.74, 6) is -0.294. The summed E-state index contributed by atoms with van der Waals surface area (Å²) in [6, 6.07) is 22.9. The zero-order valence-corrected chi connectivity index (χ0v) is 16.6. The first-order chi connectivity index (χ1) is 14.0. The molecule has 0 aliphatic rings. The van der Waals surface area contributed by atoms with E-state index in [4.69, 9.17) is 21.1 Å². The van der Waals surface area contributed by atoms with Crippen molar-refractivity contribution in [2.45, 2.75) is 19.6 Å². The molecule has 0 bridgehead atoms. The zero-order valence-electron chi connectivity index (χ0n) is 15.8. The molecular formula is C23H20ClNO4. The summed E-state index contributed by atoms with van der Waals surface area (Å²) < 4.78 is 10.9. The van der Waals surface area contributed by atoms with Gasteiger partial charge in [-0.1, -0.05) is 54.1 Å². The van der Waals surface area contributed by atoms with Crippen LogP contribution in [0, 0.1) is 0 Å². The van der Waals surface area contributed by atoms with Crippen LogP contribution >= 0.6 is 11.6 Å². The smallest absolute Gasteiger partial charge is 0.347 e. The molecular weight excluding hydrogens is 390 g/mol. The van der Waals surface area contributed by atoms with Gasteiger partial charge in [-0.25, -0.2) is 4.79 Å². The lowest BCUT2D eigenvalue weighted by atomic mass is 10.2. The third kappa shape index (κ3) is 5.83. The van der Waals surface area contributed by atoms with Crippen molar-refractivity contribution in [1.82, 2.24) is 0 Å². The van der Waals surface area contributed by atoms with E-state index in [0.717, 1.165) is 5.56 Å². The number of benzene rings is 3. The van der Waals surface area contributed by atoms with E-state index < -0.39 is 12.1 Å². The van der Waals surface area contributed by atoms with Gasteiger partial charge in [0.05, 0.1) is 10.7 Å². The maximum atomic E-state index is 12.3. The number of para-hydroxylation sites is 1. The predicted octanol–water partition coefficient (Wildman–Crippen LogP) is 5.10. The quantitative estimate of drug-likeness (QED) is 0.551. The van der Waals surface area contributed by atoms with Crippen LogP contribution in [0.2, 0.25) is 5.02 Å². The molecule has 5 nitrogen and oxygen atoms in total. The van der Waals surface area contributed by atoms with E-state index in [-0.39, 0.29) is 12.5 Å². The van der Waals surface area contributed by atoms with Crippen molar-refractivity contribution in [2.75, 3.05) is 5.32 Å². The number of anilines is 1. The molecule has 0 aliphatic heterocycles. The number of rotatable bonds is 7. The van der Waals surface area contributed by atoms with Crippen molar-refractivity contribution in [3.05, 3.63) is 95.0 Å². The van der Waals surface area contributed by atoms with Crippen LogP contribution in [-0.2, 0) is 16.1 Å². The summed E-state index contributed by atoms with van der Waals surface area (Å²) in [7, 11) is 0. The Morgan fingerprint density at radius 1 is 0.931 bits per heavy atom. The number of ether oxygens (including phenoxy) is 2. The number of nitrogens with one attached hydrogen (secondary N) is 1. The van der Waals surface area contributed by atoms with Crippen LogP contribution in [0.5, 0.6) is 5.75 Å². The highest BCUT2D eigenvalue weighted by Gasteiger charge is 2.17. The fraction of sp³-hybridized carbons (Fsp3) is 0.130. The topological polar surface area (TPSA) is 64.6 Å². The largest absolute Gasteiger partial charge is 0.479 e. The van der Waals surface area contributed by atoms with Gasteiger partial charge in [0, 0.05) is 5.56 Å². The molecule has 1 atom stereocenters. The first-order valence-corrected chi connectivity index (χ1v) is 9.44.